The molecule has 0 bridgehead atoms. The topological polar surface area (TPSA) is 79.3 Å². The van der Waals surface area contributed by atoms with Crippen LogP contribution in [0.3, 0.4) is 0 Å². The van der Waals surface area contributed by atoms with Crippen LogP contribution in [0.1, 0.15) is 76.0 Å². The highest BCUT2D eigenvalue weighted by atomic mass is 16.7. The third-order valence-corrected chi connectivity index (χ3v) is 8.23. The monoisotopic (exact) mass is 526 g/mol. The highest BCUT2D eigenvalue weighted by Gasteiger charge is 2.40. The molecule has 7 heteroatoms. The Labute approximate surface area is 229 Å². The van der Waals surface area contributed by atoms with Gasteiger partial charge >= 0.3 is 0 Å². The average molecular weight is 527 g/mol. The number of amides is 2. The molecule has 0 aliphatic carbocycles. The molecule has 0 saturated carbocycles. The molecule has 2 amide bonds. The van der Waals surface area contributed by atoms with Crippen LogP contribution >= 0.6 is 0 Å². The number of ether oxygens (including phenoxy) is 2. The first-order chi connectivity index (χ1) is 19.0. The van der Waals surface area contributed by atoms with E-state index in [9.17, 15) is 14.7 Å². The van der Waals surface area contributed by atoms with Gasteiger partial charge in [0.1, 0.15) is 0 Å². The van der Waals surface area contributed by atoms with Crippen molar-refractivity contribution in [2.45, 2.75) is 51.3 Å². The quantitative estimate of drug-likeness (QED) is 0.442. The summed E-state index contributed by atoms with van der Waals surface area (Å²) in [5.41, 5.74) is 4.13. The maximum absolute atomic E-state index is 12.9. The summed E-state index contributed by atoms with van der Waals surface area (Å²) >= 11 is 0. The molecule has 3 aliphatic heterocycles. The number of benzene rings is 3. The van der Waals surface area contributed by atoms with E-state index in [0.29, 0.717) is 16.8 Å². The molecule has 6 rings (SSSR count). The Morgan fingerprint density at radius 1 is 0.795 bits per heavy atom. The molecule has 2 saturated heterocycles. The summed E-state index contributed by atoms with van der Waals surface area (Å²) in [7, 11) is 0. The van der Waals surface area contributed by atoms with E-state index < -0.39 is 6.29 Å². The van der Waals surface area contributed by atoms with Gasteiger partial charge in [-0.3, -0.25) is 9.59 Å². The molecule has 2 fully saturated rings. The van der Waals surface area contributed by atoms with E-state index in [1.807, 2.05) is 36.4 Å². The largest absolute Gasteiger partial charge is 0.392 e. The fourth-order valence-electron chi connectivity index (χ4n) is 5.93. The molecule has 3 aromatic rings. The smallest absolute Gasteiger partial charge is 0.266 e. The Hall–Kier alpha value is -3.36. The van der Waals surface area contributed by atoms with Crippen LogP contribution in [0.15, 0.2) is 72.8 Å². The van der Waals surface area contributed by atoms with Gasteiger partial charge in [0.2, 0.25) is 0 Å². The molecule has 4 atom stereocenters. The lowest BCUT2D eigenvalue weighted by atomic mass is 9.89. The van der Waals surface area contributed by atoms with Gasteiger partial charge < -0.3 is 19.5 Å². The third-order valence-electron chi connectivity index (χ3n) is 8.23. The summed E-state index contributed by atoms with van der Waals surface area (Å²) < 4.78 is 13.2. The number of likely N-dealkylation sites (tertiary alicyclic amines) is 1. The molecule has 0 aromatic heterocycles. The summed E-state index contributed by atoms with van der Waals surface area (Å²) in [6.07, 6.45) is 2.92. The summed E-state index contributed by atoms with van der Waals surface area (Å²) in [5, 5.41) is 9.49. The SMILES string of the molecule is C[C@@H]1[C@H](CN2CCCCC2)O[C@H](c2ccc(N3C(=O)c4ccccc4C3=O)cc2)O[C@@H]1c1ccc(CO)cc1. The molecule has 3 aliphatic rings. The van der Waals surface area contributed by atoms with E-state index >= 15 is 0 Å². The van der Waals surface area contributed by atoms with Gasteiger partial charge in [-0.15, -0.1) is 0 Å². The molecule has 0 radical (unpaired) electrons. The van der Waals surface area contributed by atoms with Gasteiger partial charge in [0.05, 0.1) is 35.6 Å². The summed E-state index contributed by atoms with van der Waals surface area (Å²) in [6, 6.07) is 22.2. The molecule has 3 aromatic carbocycles. The van der Waals surface area contributed by atoms with Crippen LogP contribution in [0.25, 0.3) is 0 Å². The van der Waals surface area contributed by atoms with Crippen LogP contribution in [-0.4, -0.2) is 47.6 Å². The maximum atomic E-state index is 12.9. The van der Waals surface area contributed by atoms with E-state index in [1.54, 1.807) is 36.4 Å². The number of anilines is 1. The number of carbonyl (C=O) groups is 2. The summed E-state index contributed by atoms with van der Waals surface area (Å²) in [4.78, 5) is 29.6. The normalized spacial score (nSPS) is 25.6. The number of aliphatic hydroxyl groups is 1. The van der Waals surface area contributed by atoms with Gasteiger partial charge in [0.25, 0.3) is 11.8 Å². The van der Waals surface area contributed by atoms with E-state index in [4.69, 9.17) is 9.47 Å². The third kappa shape index (κ3) is 5.03. The first-order valence-corrected chi connectivity index (χ1v) is 13.8. The minimum Gasteiger partial charge on any atom is -0.392 e. The fraction of sp³-hybridized carbons (Fsp3) is 0.375. The number of hydrogen-bond acceptors (Lipinski definition) is 6. The Kier molecular flexibility index (Phi) is 7.32. The van der Waals surface area contributed by atoms with E-state index in [1.165, 1.54) is 24.2 Å². The molecule has 39 heavy (non-hydrogen) atoms. The van der Waals surface area contributed by atoms with E-state index in [0.717, 1.165) is 36.3 Å². The zero-order valence-electron chi connectivity index (χ0n) is 22.2. The fourth-order valence-corrected chi connectivity index (χ4v) is 5.93. The van der Waals surface area contributed by atoms with Crippen LogP contribution in [0.4, 0.5) is 5.69 Å². The molecule has 3 heterocycles. The van der Waals surface area contributed by atoms with Crippen molar-refractivity contribution in [1.29, 1.82) is 0 Å². The van der Waals surface area contributed by atoms with Crippen LogP contribution in [0.2, 0.25) is 0 Å². The van der Waals surface area contributed by atoms with Gasteiger partial charge in [-0.25, -0.2) is 4.90 Å². The predicted molar refractivity (Wildman–Crippen MR) is 147 cm³/mol. The van der Waals surface area contributed by atoms with Crippen molar-refractivity contribution in [2.24, 2.45) is 5.92 Å². The van der Waals surface area contributed by atoms with E-state index in [-0.39, 0.29) is 36.5 Å². The zero-order valence-corrected chi connectivity index (χ0v) is 22.2. The average Bonchev–Trinajstić information content (AvgIpc) is 3.24. The second kappa shape index (κ2) is 11.0. The predicted octanol–water partition coefficient (Wildman–Crippen LogP) is 5.26. The van der Waals surface area contributed by atoms with E-state index in [2.05, 4.69) is 11.8 Å². The Balaban J connectivity index is 1.25. The van der Waals surface area contributed by atoms with Crippen molar-refractivity contribution in [2.75, 3.05) is 24.5 Å². The summed E-state index contributed by atoms with van der Waals surface area (Å²) in [6.45, 7) is 5.20. The van der Waals surface area contributed by atoms with Crippen molar-refractivity contribution in [3.8, 4) is 0 Å². The highest BCUT2D eigenvalue weighted by Crippen LogP contribution is 2.42. The number of aliphatic hydroxyl groups excluding tert-OH is 1. The molecule has 0 spiro atoms. The molecule has 7 nitrogen and oxygen atoms in total. The molecule has 202 valence electrons. The van der Waals surface area contributed by atoms with Gasteiger partial charge in [-0.05, 0) is 61.3 Å². The first kappa shape index (κ1) is 25.9. The molecule has 1 N–H and O–H groups in total. The van der Waals surface area contributed by atoms with Crippen molar-refractivity contribution < 1.29 is 24.2 Å². The van der Waals surface area contributed by atoms with Crippen molar-refractivity contribution in [3.63, 3.8) is 0 Å². The lowest BCUT2D eigenvalue weighted by Crippen LogP contribution is -2.45. The van der Waals surface area contributed by atoms with Gasteiger partial charge in [0.15, 0.2) is 6.29 Å². The van der Waals surface area contributed by atoms with Crippen LogP contribution in [-0.2, 0) is 16.1 Å². The standard InChI is InChI=1S/C32H34N2O5/c1-21-28(19-33-17-5-2-6-18-33)38-32(39-29(21)23-11-9-22(20-35)10-12-23)24-13-15-25(16-14-24)34-30(36)26-7-3-4-8-27(26)31(34)37/h3-4,7-16,21,28-29,32,35H,2,5-6,17-20H2,1H3/t21-,28+,29+,32+/m1/s1. The number of rotatable bonds is 6. The first-order valence-electron chi connectivity index (χ1n) is 13.8. The second-order valence-corrected chi connectivity index (χ2v) is 10.8. The van der Waals surface area contributed by atoms with Crippen LogP contribution < -0.4 is 4.90 Å². The number of carbonyl (C=O) groups excluding carboxylic acids is 2. The molecular weight excluding hydrogens is 492 g/mol. The van der Waals surface area contributed by atoms with Crippen molar-refractivity contribution >= 4 is 17.5 Å². The molecule has 0 unspecified atom stereocenters. The number of piperidine rings is 1. The number of hydrogen-bond donors (Lipinski definition) is 1. The van der Waals surface area contributed by atoms with Crippen molar-refractivity contribution in [3.05, 3.63) is 101 Å². The minimum atomic E-state index is -0.588. The lowest BCUT2D eigenvalue weighted by molar-refractivity contribution is -0.276. The van der Waals surface area contributed by atoms with Crippen molar-refractivity contribution in [1.82, 2.24) is 4.90 Å². The van der Waals surface area contributed by atoms with Crippen LogP contribution in [0.5, 0.6) is 0 Å². The zero-order chi connectivity index (χ0) is 26.9. The van der Waals surface area contributed by atoms with Gasteiger partial charge in [-0.1, -0.05) is 61.9 Å². The minimum absolute atomic E-state index is 0.00410. The highest BCUT2D eigenvalue weighted by molar-refractivity contribution is 6.34. The maximum Gasteiger partial charge on any atom is 0.266 e. The number of fused-ring (bicyclic) bond motifs is 1. The number of imide groups is 1. The summed E-state index contributed by atoms with van der Waals surface area (Å²) in [5.74, 6) is -0.494. The van der Waals surface area contributed by atoms with Crippen LogP contribution in [0, 0.1) is 5.92 Å². The lowest BCUT2D eigenvalue weighted by Gasteiger charge is -2.43. The van der Waals surface area contributed by atoms with Gasteiger partial charge in [-0.2, -0.15) is 0 Å². The Bertz CT molecular complexity index is 1300. The Morgan fingerprint density at radius 2 is 1.41 bits per heavy atom. The van der Waals surface area contributed by atoms with Gasteiger partial charge in [0, 0.05) is 18.0 Å². The molecular formula is C32H34N2O5. The Morgan fingerprint density at radius 3 is 2.03 bits per heavy atom. The second-order valence-electron chi connectivity index (χ2n) is 10.8. The number of nitrogens with zero attached hydrogens (tertiary/aromatic N) is 2.